The maximum atomic E-state index is 5.79. The summed E-state index contributed by atoms with van der Waals surface area (Å²) in [5.41, 5.74) is 0. The van der Waals surface area contributed by atoms with Gasteiger partial charge in [0.1, 0.15) is 24.4 Å². The van der Waals surface area contributed by atoms with E-state index in [1.165, 1.54) is 0 Å². The lowest BCUT2D eigenvalue weighted by atomic mass is 9.98. The van der Waals surface area contributed by atoms with Gasteiger partial charge < -0.3 is 28.4 Å². The SMILES string of the molecule is COC1C2COCCOC(O2)C(OC)C1OC. The Labute approximate surface area is 101 Å². The Morgan fingerprint density at radius 3 is 2.24 bits per heavy atom. The van der Waals surface area contributed by atoms with Crippen molar-refractivity contribution in [2.45, 2.75) is 30.7 Å². The molecule has 5 unspecified atom stereocenters. The van der Waals surface area contributed by atoms with E-state index >= 15 is 0 Å². The first-order valence-electron chi connectivity index (χ1n) is 5.75. The van der Waals surface area contributed by atoms with Crippen LogP contribution in [0.4, 0.5) is 0 Å². The van der Waals surface area contributed by atoms with Crippen LogP contribution in [-0.4, -0.2) is 71.9 Å². The Balaban J connectivity index is 2.17. The highest BCUT2D eigenvalue weighted by atomic mass is 16.7. The average molecular weight is 248 g/mol. The highest BCUT2D eigenvalue weighted by Crippen LogP contribution is 2.28. The monoisotopic (exact) mass is 248 g/mol. The summed E-state index contributed by atoms with van der Waals surface area (Å²) in [5, 5.41) is 0. The molecule has 0 N–H and O–H groups in total. The fourth-order valence-corrected chi connectivity index (χ4v) is 2.37. The van der Waals surface area contributed by atoms with Crippen LogP contribution in [0.2, 0.25) is 0 Å². The molecule has 2 saturated heterocycles. The number of ether oxygens (including phenoxy) is 6. The smallest absolute Gasteiger partial charge is 0.187 e. The zero-order valence-electron chi connectivity index (χ0n) is 10.5. The van der Waals surface area contributed by atoms with Gasteiger partial charge >= 0.3 is 0 Å². The molecule has 5 atom stereocenters. The van der Waals surface area contributed by atoms with Crippen LogP contribution < -0.4 is 0 Å². The highest BCUT2D eigenvalue weighted by molar-refractivity contribution is 4.92. The minimum absolute atomic E-state index is 0.193. The second-order valence-electron chi connectivity index (χ2n) is 4.09. The van der Waals surface area contributed by atoms with Crippen LogP contribution >= 0.6 is 0 Å². The summed E-state index contributed by atoms with van der Waals surface area (Å²) in [5.74, 6) is 0. The van der Waals surface area contributed by atoms with Crippen molar-refractivity contribution in [2.24, 2.45) is 0 Å². The summed E-state index contributed by atoms with van der Waals surface area (Å²) < 4.78 is 33.1. The first-order chi connectivity index (χ1) is 8.31. The molecule has 2 aliphatic heterocycles. The Morgan fingerprint density at radius 1 is 0.882 bits per heavy atom. The van der Waals surface area contributed by atoms with Crippen molar-refractivity contribution in [1.82, 2.24) is 0 Å². The number of methoxy groups -OCH3 is 3. The van der Waals surface area contributed by atoms with Crippen molar-refractivity contribution in [1.29, 1.82) is 0 Å². The van der Waals surface area contributed by atoms with E-state index < -0.39 is 6.29 Å². The van der Waals surface area contributed by atoms with E-state index in [0.717, 1.165) is 0 Å². The third kappa shape index (κ3) is 2.62. The predicted molar refractivity (Wildman–Crippen MR) is 57.8 cm³/mol. The van der Waals surface area contributed by atoms with E-state index in [1.54, 1.807) is 21.3 Å². The number of fused-ring (bicyclic) bond motifs is 2. The van der Waals surface area contributed by atoms with Gasteiger partial charge in [-0.1, -0.05) is 0 Å². The van der Waals surface area contributed by atoms with E-state index in [1.807, 2.05) is 0 Å². The van der Waals surface area contributed by atoms with Gasteiger partial charge in [0.2, 0.25) is 0 Å². The van der Waals surface area contributed by atoms with Crippen LogP contribution in [0.1, 0.15) is 0 Å². The average Bonchev–Trinajstić information content (AvgIpc) is 2.33. The summed E-state index contributed by atoms with van der Waals surface area (Å²) in [7, 11) is 4.88. The van der Waals surface area contributed by atoms with Gasteiger partial charge in [0.15, 0.2) is 6.29 Å². The lowest BCUT2D eigenvalue weighted by molar-refractivity contribution is -0.325. The van der Waals surface area contributed by atoms with E-state index in [9.17, 15) is 0 Å². The molecule has 0 saturated carbocycles. The van der Waals surface area contributed by atoms with Crippen LogP contribution in [0.15, 0.2) is 0 Å². The van der Waals surface area contributed by atoms with Crippen molar-refractivity contribution >= 4 is 0 Å². The molecule has 17 heavy (non-hydrogen) atoms. The van der Waals surface area contributed by atoms with Crippen molar-refractivity contribution < 1.29 is 28.4 Å². The second-order valence-corrected chi connectivity index (χ2v) is 4.09. The molecule has 0 aromatic heterocycles. The predicted octanol–water partition coefficient (Wildman–Crippen LogP) is -0.197. The molecule has 6 nitrogen and oxygen atoms in total. The molecule has 0 aromatic rings. The summed E-state index contributed by atoms with van der Waals surface area (Å²) >= 11 is 0. The lowest BCUT2D eigenvalue weighted by Gasteiger charge is -2.45. The molecular formula is C11H20O6. The maximum absolute atomic E-state index is 5.79. The molecule has 0 amide bonds. The lowest BCUT2D eigenvalue weighted by Crippen LogP contribution is -2.62. The molecule has 0 aromatic carbocycles. The number of hydrogen-bond donors (Lipinski definition) is 0. The van der Waals surface area contributed by atoms with Crippen molar-refractivity contribution in [3.63, 3.8) is 0 Å². The minimum atomic E-state index is -0.426. The van der Waals surface area contributed by atoms with Gasteiger partial charge in [-0.15, -0.1) is 0 Å². The van der Waals surface area contributed by atoms with Crippen LogP contribution in [0.3, 0.4) is 0 Å². The molecule has 6 heteroatoms. The van der Waals surface area contributed by atoms with Crippen molar-refractivity contribution in [3.05, 3.63) is 0 Å². The van der Waals surface area contributed by atoms with E-state index in [-0.39, 0.29) is 24.4 Å². The molecule has 2 heterocycles. The van der Waals surface area contributed by atoms with Crippen molar-refractivity contribution in [3.8, 4) is 0 Å². The molecule has 100 valence electrons. The molecule has 0 radical (unpaired) electrons. The molecular weight excluding hydrogens is 228 g/mol. The molecule has 2 fully saturated rings. The minimum Gasteiger partial charge on any atom is -0.376 e. The topological polar surface area (TPSA) is 55.4 Å². The maximum Gasteiger partial charge on any atom is 0.187 e. The fraction of sp³-hybridized carbons (Fsp3) is 1.00. The third-order valence-electron chi connectivity index (χ3n) is 3.20. The van der Waals surface area contributed by atoms with Gasteiger partial charge in [-0.05, 0) is 0 Å². The zero-order valence-corrected chi connectivity index (χ0v) is 10.5. The van der Waals surface area contributed by atoms with Crippen molar-refractivity contribution in [2.75, 3.05) is 41.2 Å². The van der Waals surface area contributed by atoms with Crippen LogP contribution in [0, 0.1) is 0 Å². The van der Waals surface area contributed by atoms with Gasteiger partial charge in [0, 0.05) is 21.3 Å². The Bertz CT molecular complexity index is 216. The summed E-state index contributed by atoms with van der Waals surface area (Å²) in [6.07, 6.45) is -1.36. The molecule has 2 rings (SSSR count). The first-order valence-corrected chi connectivity index (χ1v) is 5.75. The van der Waals surface area contributed by atoms with Gasteiger partial charge in [-0.3, -0.25) is 0 Å². The highest BCUT2D eigenvalue weighted by Gasteiger charge is 2.48. The van der Waals surface area contributed by atoms with Crippen LogP contribution in [0.5, 0.6) is 0 Å². The number of rotatable bonds is 3. The van der Waals surface area contributed by atoms with Crippen LogP contribution in [-0.2, 0) is 28.4 Å². The van der Waals surface area contributed by atoms with Gasteiger partial charge in [0.05, 0.1) is 19.8 Å². The zero-order chi connectivity index (χ0) is 12.3. The standard InChI is InChI=1S/C11H20O6/c1-12-8-7-6-15-4-5-16-11(17-7)10(14-3)9(8)13-2/h7-11H,4-6H2,1-3H3. The Hall–Kier alpha value is -0.240. The Kier molecular flexibility index (Phi) is 4.72. The molecule has 2 aliphatic rings. The summed E-state index contributed by atoms with van der Waals surface area (Å²) in [6, 6.07) is 0. The van der Waals surface area contributed by atoms with Gasteiger partial charge in [-0.2, -0.15) is 0 Å². The molecule has 0 aliphatic carbocycles. The van der Waals surface area contributed by atoms with Crippen LogP contribution in [0.25, 0.3) is 0 Å². The third-order valence-corrected chi connectivity index (χ3v) is 3.20. The summed E-state index contributed by atoms with van der Waals surface area (Å²) in [6.45, 7) is 1.53. The summed E-state index contributed by atoms with van der Waals surface area (Å²) in [4.78, 5) is 0. The van der Waals surface area contributed by atoms with Gasteiger partial charge in [0.25, 0.3) is 0 Å². The normalized spacial score (nSPS) is 42.9. The second kappa shape index (κ2) is 6.08. The number of hydrogen-bond acceptors (Lipinski definition) is 6. The van der Waals surface area contributed by atoms with Gasteiger partial charge in [-0.25, -0.2) is 0 Å². The molecule has 2 bridgehead atoms. The molecule has 0 spiro atoms. The van der Waals surface area contributed by atoms with E-state index in [2.05, 4.69) is 0 Å². The van der Waals surface area contributed by atoms with E-state index in [4.69, 9.17) is 28.4 Å². The first kappa shape index (κ1) is 13.2. The quantitative estimate of drug-likeness (QED) is 0.689. The Morgan fingerprint density at radius 2 is 1.59 bits per heavy atom. The fourth-order valence-electron chi connectivity index (χ4n) is 2.37. The largest absolute Gasteiger partial charge is 0.376 e. The van der Waals surface area contributed by atoms with E-state index in [0.29, 0.717) is 19.8 Å².